The van der Waals surface area contributed by atoms with E-state index in [1.165, 1.54) is 16.6 Å². The minimum absolute atomic E-state index is 0.426. The Morgan fingerprint density at radius 1 is 0.923 bits per heavy atom. The van der Waals surface area contributed by atoms with E-state index in [9.17, 15) is 0 Å². The minimum Gasteiger partial charge on any atom is -0.373 e. The molecule has 0 aliphatic carbocycles. The summed E-state index contributed by atoms with van der Waals surface area (Å²) in [5.41, 5.74) is 3.57. The number of hydrogen-bond acceptors (Lipinski definition) is 3. The van der Waals surface area contributed by atoms with Gasteiger partial charge in [-0.25, -0.2) is 4.98 Å². The Balaban J connectivity index is 1.83. The molecule has 1 heterocycles. The second-order valence-electron chi connectivity index (χ2n) is 7.07. The standard InChI is InChI=1S/C22H26BrN3/c1-16(2)20-15-17-14-18(23)10-11-21(17)24-22(20)26(4)13-12-25(3)19-8-6-5-7-9-19/h5-11,14-16H,12-13H2,1-4H3. The number of nitrogens with zero attached hydrogens (tertiary/aromatic N) is 3. The molecule has 3 rings (SSSR count). The third kappa shape index (κ3) is 4.18. The molecule has 0 unspecified atom stereocenters. The first-order valence-electron chi connectivity index (χ1n) is 9.03. The normalized spacial score (nSPS) is 11.2. The van der Waals surface area contributed by atoms with Crippen molar-refractivity contribution >= 4 is 38.3 Å². The molecule has 0 fully saturated rings. The van der Waals surface area contributed by atoms with Crippen LogP contribution in [0, 0.1) is 0 Å². The van der Waals surface area contributed by atoms with Gasteiger partial charge in [0.25, 0.3) is 0 Å². The number of rotatable bonds is 6. The Labute approximate surface area is 164 Å². The van der Waals surface area contributed by atoms with E-state index in [1.807, 2.05) is 0 Å². The maximum absolute atomic E-state index is 4.97. The average molecular weight is 412 g/mol. The first-order valence-corrected chi connectivity index (χ1v) is 9.82. The van der Waals surface area contributed by atoms with Gasteiger partial charge in [-0.15, -0.1) is 0 Å². The predicted molar refractivity (Wildman–Crippen MR) is 117 cm³/mol. The number of anilines is 2. The topological polar surface area (TPSA) is 19.4 Å². The molecule has 0 bridgehead atoms. The van der Waals surface area contributed by atoms with E-state index in [2.05, 4.69) is 108 Å². The molecule has 0 aliphatic heterocycles. The molecule has 4 heteroatoms. The van der Waals surface area contributed by atoms with Crippen molar-refractivity contribution in [2.75, 3.05) is 37.0 Å². The Bertz CT molecular complexity index is 877. The third-order valence-electron chi connectivity index (χ3n) is 4.74. The quantitative estimate of drug-likeness (QED) is 0.518. The van der Waals surface area contributed by atoms with Crippen molar-refractivity contribution in [1.29, 1.82) is 0 Å². The summed E-state index contributed by atoms with van der Waals surface area (Å²) in [5, 5.41) is 1.18. The van der Waals surface area contributed by atoms with Crippen molar-refractivity contribution in [1.82, 2.24) is 4.98 Å². The van der Waals surface area contributed by atoms with Crippen molar-refractivity contribution in [3.8, 4) is 0 Å². The zero-order valence-corrected chi connectivity index (χ0v) is 17.5. The molecular weight excluding hydrogens is 386 g/mol. The van der Waals surface area contributed by atoms with Gasteiger partial charge in [-0.2, -0.15) is 0 Å². The maximum Gasteiger partial charge on any atom is 0.132 e. The molecule has 136 valence electrons. The smallest absolute Gasteiger partial charge is 0.132 e. The van der Waals surface area contributed by atoms with Gasteiger partial charge in [0.1, 0.15) is 5.82 Å². The van der Waals surface area contributed by atoms with E-state index in [0.717, 1.165) is 28.9 Å². The van der Waals surface area contributed by atoms with Crippen LogP contribution in [0.4, 0.5) is 11.5 Å². The predicted octanol–water partition coefficient (Wildman–Crippen LogP) is 5.69. The summed E-state index contributed by atoms with van der Waals surface area (Å²) in [6, 6.07) is 19.1. The largest absolute Gasteiger partial charge is 0.373 e. The molecule has 0 saturated heterocycles. The molecule has 3 nitrogen and oxygen atoms in total. The van der Waals surface area contributed by atoms with Crippen LogP contribution in [0.1, 0.15) is 25.3 Å². The third-order valence-corrected chi connectivity index (χ3v) is 5.23. The molecule has 26 heavy (non-hydrogen) atoms. The Morgan fingerprint density at radius 3 is 2.31 bits per heavy atom. The molecule has 1 aromatic heterocycles. The van der Waals surface area contributed by atoms with Crippen LogP contribution in [0.2, 0.25) is 0 Å². The highest BCUT2D eigenvalue weighted by molar-refractivity contribution is 9.10. The van der Waals surface area contributed by atoms with Crippen LogP contribution in [-0.4, -0.2) is 32.2 Å². The van der Waals surface area contributed by atoms with Gasteiger partial charge in [-0.05, 0) is 47.9 Å². The molecule has 0 atom stereocenters. The highest BCUT2D eigenvalue weighted by Crippen LogP contribution is 2.30. The van der Waals surface area contributed by atoms with Gasteiger partial charge >= 0.3 is 0 Å². The molecule has 0 spiro atoms. The lowest BCUT2D eigenvalue weighted by Gasteiger charge is -2.27. The SMILES string of the molecule is CC(C)c1cc2cc(Br)ccc2nc1N(C)CCN(C)c1ccccc1. The fourth-order valence-corrected chi connectivity index (χ4v) is 3.48. The number of fused-ring (bicyclic) bond motifs is 1. The summed E-state index contributed by atoms with van der Waals surface area (Å²) in [6.07, 6.45) is 0. The fourth-order valence-electron chi connectivity index (χ4n) is 3.10. The highest BCUT2D eigenvalue weighted by atomic mass is 79.9. The summed E-state index contributed by atoms with van der Waals surface area (Å²) in [5.74, 6) is 1.51. The molecule has 0 radical (unpaired) electrons. The van der Waals surface area contributed by atoms with E-state index in [0.29, 0.717) is 5.92 Å². The molecule has 0 saturated carbocycles. The number of hydrogen-bond donors (Lipinski definition) is 0. The summed E-state index contributed by atoms with van der Waals surface area (Å²) >= 11 is 3.56. The van der Waals surface area contributed by atoms with Gasteiger partial charge in [0.05, 0.1) is 5.52 Å². The first-order chi connectivity index (χ1) is 12.5. The zero-order chi connectivity index (χ0) is 18.7. The zero-order valence-electron chi connectivity index (χ0n) is 15.9. The first kappa shape index (κ1) is 18.7. The number of pyridine rings is 1. The second kappa shape index (κ2) is 8.09. The lowest BCUT2D eigenvalue weighted by molar-refractivity contribution is 0.797. The lowest BCUT2D eigenvalue weighted by Crippen LogP contribution is -2.31. The van der Waals surface area contributed by atoms with Crippen LogP contribution >= 0.6 is 15.9 Å². The second-order valence-corrected chi connectivity index (χ2v) is 7.99. The summed E-state index contributed by atoms with van der Waals surface area (Å²) in [7, 11) is 4.27. The van der Waals surface area contributed by atoms with Crippen LogP contribution in [0.3, 0.4) is 0 Å². The van der Waals surface area contributed by atoms with Gasteiger partial charge in [-0.3, -0.25) is 0 Å². The monoisotopic (exact) mass is 411 g/mol. The van der Waals surface area contributed by atoms with Crippen molar-refractivity contribution in [3.63, 3.8) is 0 Å². The van der Waals surface area contributed by atoms with E-state index in [1.54, 1.807) is 0 Å². The Hall–Kier alpha value is -2.07. The highest BCUT2D eigenvalue weighted by Gasteiger charge is 2.15. The molecular formula is C22H26BrN3. The number of benzene rings is 2. The van der Waals surface area contributed by atoms with Crippen LogP contribution in [0.25, 0.3) is 10.9 Å². The minimum atomic E-state index is 0.426. The maximum atomic E-state index is 4.97. The van der Waals surface area contributed by atoms with Gasteiger partial charge < -0.3 is 9.80 Å². The summed E-state index contributed by atoms with van der Waals surface area (Å²) in [6.45, 7) is 6.32. The van der Waals surface area contributed by atoms with Crippen LogP contribution < -0.4 is 9.80 Å². The molecule has 0 aliphatic rings. The van der Waals surface area contributed by atoms with Crippen molar-refractivity contribution in [2.45, 2.75) is 19.8 Å². The molecule has 0 N–H and O–H groups in total. The number of halogens is 1. The summed E-state index contributed by atoms with van der Waals surface area (Å²) in [4.78, 5) is 9.53. The molecule has 2 aromatic carbocycles. The molecule has 0 amide bonds. The van der Waals surface area contributed by atoms with E-state index >= 15 is 0 Å². The number of aromatic nitrogens is 1. The van der Waals surface area contributed by atoms with Gasteiger partial charge in [0, 0.05) is 42.7 Å². The van der Waals surface area contributed by atoms with Gasteiger partial charge in [0.2, 0.25) is 0 Å². The number of para-hydroxylation sites is 1. The summed E-state index contributed by atoms with van der Waals surface area (Å²) < 4.78 is 1.09. The molecule has 3 aromatic rings. The Kier molecular flexibility index (Phi) is 5.82. The van der Waals surface area contributed by atoms with Crippen LogP contribution in [0.5, 0.6) is 0 Å². The van der Waals surface area contributed by atoms with Crippen LogP contribution in [-0.2, 0) is 0 Å². The average Bonchev–Trinajstić information content (AvgIpc) is 2.65. The Morgan fingerprint density at radius 2 is 1.62 bits per heavy atom. The lowest BCUT2D eigenvalue weighted by atomic mass is 10.0. The van der Waals surface area contributed by atoms with E-state index in [-0.39, 0.29) is 0 Å². The van der Waals surface area contributed by atoms with E-state index < -0.39 is 0 Å². The van der Waals surface area contributed by atoms with Gasteiger partial charge in [-0.1, -0.05) is 48.0 Å². The fraction of sp³-hybridized carbons (Fsp3) is 0.318. The van der Waals surface area contributed by atoms with Crippen molar-refractivity contribution in [3.05, 3.63) is 64.6 Å². The van der Waals surface area contributed by atoms with Crippen LogP contribution in [0.15, 0.2) is 59.1 Å². The van der Waals surface area contributed by atoms with Crippen molar-refractivity contribution in [2.24, 2.45) is 0 Å². The van der Waals surface area contributed by atoms with Crippen molar-refractivity contribution < 1.29 is 0 Å². The van der Waals surface area contributed by atoms with Gasteiger partial charge in [0.15, 0.2) is 0 Å². The van der Waals surface area contributed by atoms with E-state index in [4.69, 9.17) is 4.98 Å². The number of likely N-dealkylation sites (N-methyl/N-ethyl adjacent to an activating group) is 2.